The molecule has 25 heavy (non-hydrogen) atoms. The standard InChI is InChI=1S/C12H12BrN7.H2O4S/c1-14-8-4-19(5-8)11-12-18-16-6-20(12)9-2-7(13)3-15-10(9)17-11;1-5(2,3)4/h2-3,6,8,14H,4-5H2,1H3;(H2,1,2,3,4). The van der Waals surface area contributed by atoms with Crippen molar-refractivity contribution in [2.75, 3.05) is 25.0 Å². The predicted molar refractivity (Wildman–Crippen MR) is 93.0 cm³/mol. The Hall–Kier alpha value is -1.93. The Labute approximate surface area is 150 Å². The number of hydrogen-bond acceptors (Lipinski definition) is 8. The van der Waals surface area contributed by atoms with Crippen LogP contribution in [-0.2, 0) is 10.4 Å². The van der Waals surface area contributed by atoms with E-state index >= 15 is 0 Å². The summed E-state index contributed by atoms with van der Waals surface area (Å²) < 4.78 is 34.4. The van der Waals surface area contributed by atoms with E-state index in [0.29, 0.717) is 11.7 Å². The first-order chi connectivity index (χ1) is 11.8. The normalized spacial score (nSPS) is 15.1. The van der Waals surface area contributed by atoms with Crippen LogP contribution < -0.4 is 10.2 Å². The highest BCUT2D eigenvalue weighted by molar-refractivity contribution is 9.10. The van der Waals surface area contributed by atoms with Crippen molar-refractivity contribution in [2.45, 2.75) is 6.04 Å². The smallest absolute Gasteiger partial charge is 0.350 e. The molecule has 1 saturated heterocycles. The molecular weight excluding hydrogens is 418 g/mol. The van der Waals surface area contributed by atoms with E-state index in [1.807, 2.05) is 17.5 Å². The number of nitrogens with one attached hydrogen (secondary N) is 1. The van der Waals surface area contributed by atoms with Crippen LogP contribution in [0.1, 0.15) is 0 Å². The molecule has 3 N–H and O–H groups in total. The van der Waals surface area contributed by atoms with Crippen LogP contribution in [0.25, 0.3) is 16.8 Å². The number of aromatic nitrogens is 5. The average molecular weight is 432 g/mol. The van der Waals surface area contributed by atoms with Gasteiger partial charge in [0.2, 0.25) is 5.65 Å². The highest BCUT2D eigenvalue weighted by atomic mass is 79.9. The van der Waals surface area contributed by atoms with Crippen molar-refractivity contribution in [3.63, 3.8) is 0 Å². The first-order valence-electron chi connectivity index (χ1n) is 7.03. The second kappa shape index (κ2) is 6.76. The van der Waals surface area contributed by atoms with E-state index in [9.17, 15) is 0 Å². The maximum absolute atomic E-state index is 8.74. The topological polar surface area (TPSA) is 146 Å². The van der Waals surface area contributed by atoms with Gasteiger partial charge in [-0.15, -0.1) is 10.2 Å². The average Bonchev–Trinajstić information content (AvgIpc) is 2.94. The monoisotopic (exact) mass is 431 g/mol. The van der Waals surface area contributed by atoms with Gasteiger partial charge < -0.3 is 10.2 Å². The van der Waals surface area contributed by atoms with E-state index in [-0.39, 0.29) is 0 Å². The lowest BCUT2D eigenvalue weighted by Gasteiger charge is -2.39. The van der Waals surface area contributed by atoms with Gasteiger partial charge in [0.15, 0.2) is 11.5 Å². The van der Waals surface area contributed by atoms with Crippen molar-refractivity contribution in [2.24, 2.45) is 0 Å². The molecule has 1 aliphatic heterocycles. The second-order valence-electron chi connectivity index (χ2n) is 5.29. The van der Waals surface area contributed by atoms with E-state index in [1.54, 1.807) is 12.5 Å². The third-order valence-corrected chi connectivity index (χ3v) is 4.06. The molecule has 11 nitrogen and oxygen atoms in total. The van der Waals surface area contributed by atoms with Crippen LogP contribution in [0.2, 0.25) is 0 Å². The highest BCUT2D eigenvalue weighted by Gasteiger charge is 2.29. The summed E-state index contributed by atoms with van der Waals surface area (Å²) in [6, 6.07) is 2.48. The highest BCUT2D eigenvalue weighted by Crippen LogP contribution is 2.26. The van der Waals surface area contributed by atoms with Crippen LogP contribution in [-0.4, -0.2) is 68.3 Å². The van der Waals surface area contributed by atoms with Gasteiger partial charge in [0.05, 0.1) is 5.52 Å². The van der Waals surface area contributed by atoms with Gasteiger partial charge in [-0.3, -0.25) is 13.5 Å². The van der Waals surface area contributed by atoms with E-state index in [0.717, 1.165) is 34.5 Å². The summed E-state index contributed by atoms with van der Waals surface area (Å²) in [6.45, 7) is 1.85. The largest absolute Gasteiger partial charge is 0.394 e. The Morgan fingerprint density at radius 3 is 2.68 bits per heavy atom. The summed E-state index contributed by atoms with van der Waals surface area (Å²) in [6.07, 6.45) is 3.45. The summed E-state index contributed by atoms with van der Waals surface area (Å²) in [5.74, 6) is 0.844. The number of rotatable bonds is 2. The van der Waals surface area contributed by atoms with Crippen LogP contribution in [0.15, 0.2) is 23.1 Å². The fourth-order valence-electron chi connectivity index (χ4n) is 2.45. The molecule has 0 amide bonds. The lowest BCUT2D eigenvalue weighted by atomic mass is 10.1. The first-order valence-corrected chi connectivity index (χ1v) is 9.22. The van der Waals surface area contributed by atoms with Gasteiger partial charge in [-0.05, 0) is 29.0 Å². The quantitative estimate of drug-likeness (QED) is 0.480. The zero-order valence-corrected chi connectivity index (χ0v) is 15.3. The molecule has 4 heterocycles. The second-order valence-corrected chi connectivity index (χ2v) is 7.11. The molecule has 0 spiro atoms. The zero-order chi connectivity index (χ0) is 18.2. The van der Waals surface area contributed by atoms with Crippen LogP contribution in [0.4, 0.5) is 5.82 Å². The van der Waals surface area contributed by atoms with Crippen molar-refractivity contribution in [1.82, 2.24) is 29.9 Å². The molecule has 0 radical (unpaired) electrons. The minimum Gasteiger partial charge on any atom is -0.350 e. The Bertz CT molecular complexity index is 1010. The summed E-state index contributed by atoms with van der Waals surface area (Å²) >= 11 is 3.43. The van der Waals surface area contributed by atoms with E-state index < -0.39 is 10.4 Å². The Kier molecular flexibility index (Phi) is 4.83. The molecule has 1 aliphatic rings. The molecule has 13 heteroatoms. The Morgan fingerprint density at radius 1 is 1.36 bits per heavy atom. The summed E-state index contributed by atoms with van der Waals surface area (Å²) in [5.41, 5.74) is 2.36. The fraction of sp³-hybridized carbons (Fsp3) is 0.333. The molecule has 134 valence electrons. The molecule has 0 unspecified atom stereocenters. The number of anilines is 1. The molecule has 0 bridgehead atoms. The Morgan fingerprint density at radius 2 is 2.04 bits per heavy atom. The van der Waals surface area contributed by atoms with Gasteiger partial charge >= 0.3 is 10.4 Å². The lowest BCUT2D eigenvalue weighted by molar-refractivity contribution is 0.381. The van der Waals surface area contributed by atoms with E-state index in [4.69, 9.17) is 17.5 Å². The number of likely N-dealkylation sites (N-methyl/N-ethyl adjacent to an activating group) is 1. The maximum atomic E-state index is 8.74. The number of nitrogens with zero attached hydrogens (tertiary/aromatic N) is 6. The van der Waals surface area contributed by atoms with Gasteiger partial charge in [0.1, 0.15) is 6.33 Å². The SMILES string of the molecule is CNC1CN(c2nc3ncc(Br)cc3n3cnnc23)C1.O=S(=O)(O)O. The van der Waals surface area contributed by atoms with E-state index in [1.165, 1.54) is 0 Å². The number of pyridine rings is 1. The molecule has 0 aliphatic carbocycles. The zero-order valence-electron chi connectivity index (χ0n) is 12.9. The molecule has 0 atom stereocenters. The lowest BCUT2D eigenvalue weighted by Crippen LogP contribution is -2.57. The van der Waals surface area contributed by atoms with E-state index in [2.05, 4.69) is 46.3 Å². The Balaban J connectivity index is 0.000000324. The number of fused-ring (bicyclic) bond motifs is 3. The van der Waals surface area contributed by atoms with Crippen molar-refractivity contribution in [3.05, 3.63) is 23.1 Å². The maximum Gasteiger partial charge on any atom is 0.394 e. The van der Waals surface area contributed by atoms with Gasteiger partial charge in [0, 0.05) is 29.8 Å². The summed E-state index contributed by atoms with van der Waals surface area (Å²) in [5, 5.41) is 11.5. The third kappa shape index (κ3) is 4.01. The minimum absolute atomic E-state index is 0.508. The summed E-state index contributed by atoms with van der Waals surface area (Å²) in [4.78, 5) is 11.2. The van der Waals surface area contributed by atoms with Crippen LogP contribution >= 0.6 is 15.9 Å². The molecule has 3 aromatic rings. The van der Waals surface area contributed by atoms with Crippen molar-refractivity contribution in [3.8, 4) is 0 Å². The fourth-order valence-corrected chi connectivity index (χ4v) is 2.76. The minimum atomic E-state index is -4.67. The van der Waals surface area contributed by atoms with Crippen LogP contribution in [0, 0.1) is 0 Å². The predicted octanol–water partition coefficient (Wildman–Crippen LogP) is 0.190. The number of hydrogen-bond donors (Lipinski definition) is 3. The van der Waals surface area contributed by atoms with Gasteiger partial charge in [-0.1, -0.05) is 0 Å². The molecule has 1 fully saturated rings. The molecule has 4 rings (SSSR count). The van der Waals surface area contributed by atoms with Crippen molar-refractivity contribution < 1.29 is 17.5 Å². The third-order valence-electron chi connectivity index (χ3n) is 3.62. The van der Waals surface area contributed by atoms with Gasteiger partial charge in [-0.25, -0.2) is 9.97 Å². The molecule has 0 aromatic carbocycles. The van der Waals surface area contributed by atoms with Gasteiger partial charge in [0.25, 0.3) is 0 Å². The van der Waals surface area contributed by atoms with Crippen molar-refractivity contribution >= 4 is 49.0 Å². The molecular formula is C12H14BrN7O4S. The number of halogens is 1. The summed E-state index contributed by atoms with van der Waals surface area (Å²) in [7, 11) is -2.69. The first kappa shape index (κ1) is 17.9. The van der Waals surface area contributed by atoms with Crippen LogP contribution in [0.3, 0.4) is 0 Å². The molecule has 0 saturated carbocycles. The van der Waals surface area contributed by atoms with Crippen molar-refractivity contribution in [1.29, 1.82) is 0 Å². The molecule has 3 aromatic heterocycles. The van der Waals surface area contributed by atoms with Crippen LogP contribution in [0.5, 0.6) is 0 Å². The van der Waals surface area contributed by atoms with Gasteiger partial charge in [-0.2, -0.15) is 8.42 Å².